The minimum Gasteiger partial charge on any atom is -0.493 e. The number of hydrogen-bond donors (Lipinski definition) is 2. The largest absolute Gasteiger partial charge is 0.493 e. The van der Waals surface area contributed by atoms with Crippen molar-refractivity contribution < 1.29 is 19.0 Å². The molecule has 2 N–H and O–H groups in total. The number of anilines is 1. The standard InChI is InChI=1S/C32H31FN4O4/c1-20-29(31(39)37(36(20)3)22-7-5-4-6-8-22)30(38)35-21-9-12-28(25(33)17-21)41-27-13-16-34-26-18-23(10-11-24(26)27)40-19-32(2)14-15-32/h4-13,16-18,30,35,38H,14-15,19H2,1-3H3. The highest BCUT2D eigenvalue weighted by molar-refractivity contribution is 5.86. The molecule has 8 nitrogen and oxygen atoms in total. The summed E-state index contributed by atoms with van der Waals surface area (Å²) < 4.78 is 30.2. The molecule has 5 aromatic rings. The number of aliphatic hydroxyl groups excluding tert-OH is 1. The molecule has 0 radical (unpaired) electrons. The topological polar surface area (TPSA) is 90.5 Å². The van der Waals surface area contributed by atoms with E-state index >= 15 is 4.39 Å². The second-order valence-electron chi connectivity index (χ2n) is 10.9. The average Bonchev–Trinajstić information content (AvgIpc) is 3.66. The summed E-state index contributed by atoms with van der Waals surface area (Å²) in [5.41, 5.74) is 2.31. The normalized spacial score (nSPS) is 14.6. The molecular formula is C32H31FN4O4. The van der Waals surface area contributed by atoms with Gasteiger partial charge in [0.1, 0.15) is 11.5 Å². The van der Waals surface area contributed by atoms with Crippen LogP contribution in [-0.2, 0) is 7.05 Å². The first-order valence-electron chi connectivity index (χ1n) is 13.5. The van der Waals surface area contributed by atoms with Crippen LogP contribution in [0.25, 0.3) is 16.6 Å². The van der Waals surface area contributed by atoms with Crippen LogP contribution in [0.2, 0.25) is 0 Å². The van der Waals surface area contributed by atoms with Crippen molar-refractivity contribution in [3.8, 4) is 22.9 Å². The predicted octanol–water partition coefficient (Wildman–Crippen LogP) is 6.25. The van der Waals surface area contributed by atoms with E-state index in [9.17, 15) is 9.90 Å². The van der Waals surface area contributed by atoms with Crippen LogP contribution in [0.1, 0.15) is 37.3 Å². The lowest BCUT2D eigenvalue weighted by molar-refractivity contribution is 0.206. The van der Waals surface area contributed by atoms with Crippen molar-refractivity contribution >= 4 is 16.6 Å². The van der Waals surface area contributed by atoms with Crippen molar-refractivity contribution in [3.05, 3.63) is 106 Å². The van der Waals surface area contributed by atoms with Crippen LogP contribution in [0, 0.1) is 18.2 Å². The van der Waals surface area contributed by atoms with Crippen LogP contribution in [-0.4, -0.2) is 26.1 Å². The Bertz CT molecular complexity index is 1790. The van der Waals surface area contributed by atoms with E-state index in [-0.39, 0.29) is 22.3 Å². The van der Waals surface area contributed by atoms with Gasteiger partial charge in [-0.15, -0.1) is 0 Å². The second-order valence-corrected chi connectivity index (χ2v) is 10.9. The second kappa shape index (κ2) is 10.4. The van der Waals surface area contributed by atoms with E-state index in [1.54, 1.807) is 37.0 Å². The Morgan fingerprint density at radius 3 is 2.59 bits per heavy atom. The Labute approximate surface area is 236 Å². The third-order valence-corrected chi connectivity index (χ3v) is 7.69. The van der Waals surface area contributed by atoms with Crippen LogP contribution in [0.5, 0.6) is 17.2 Å². The Morgan fingerprint density at radius 2 is 1.85 bits per heavy atom. The molecule has 0 spiro atoms. The number of rotatable bonds is 9. The monoisotopic (exact) mass is 554 g/mol. The summed E-state index contributed by atoms with van der Waals surface area (Å²) in [5.74, 6) is 0.578. The molecule has 210 valence electrons. The Morgan fingerprint density at radius 1 is 1.07 bits per heavy atom. The number of ether oxygens (including phenoxy) is 2. The van der Waals surface area contributed by atoms with Crippen molar-refractivity contribution in [3.63, 3.8) is 0 Å². The molecule has 6 rings (SSSR count). The van der Waals surface area contributed by atoms with E-state index in [1.807, 2.05) is 48.5 Å². The van der Waals surface area contributed by atoms with E-state index < -0.39 is 12.0 Å². The van der Waals surface area contributed by atoms with Gasteiger partial charge in [0, 0.05) is 47.6 Å². The van der Waals surface area contributed by atoms with Crippen molar-refractivity contribution in [1.29, 1.82) is 0 Å². The number of fused-ring (bicyclic) bond motifs is 1. The van der Waals surface area contributed by atoms with Crippen LogP contribution >= 0.6 is 0 Å². The lowest BCUT2D eigenvalue weighted by atomic mass is 10.1. The molecule has 0 bridgehead atoms. The number of benzene rings is 3. The maximum Gasteiger partial charge on any atom is 0.279 e. The van der Waals surface area contributed by atoms with Crippen molar-refractivity contribution in [2.45, 2.75) is 32.9 Å². The SMILES string of the molecule is Cc1c(C(O)Nc2ccc(Oc3ccnc4cc(OCC5(C)CC5)ccc34)c(F)c2)c(=O)n(-c2ccccc2)n1C. The summed E-state index contributed by atoms with van der Waals surface area (Å²) in [4.78, 5) is 17.6. The summed E-state index contributed by atoms with van der Waals surface area (Å²) in [6.07, 6.45) is 2.61. The fourth-order valence-corrected chi connectivity index (χ4v) is 4.82. The zero-order valence-corrected chi connectivity index (χ0v) is 23.1. The zero-order chi connectivity index (χ0) is 28.7. The van der Waals surface area contributed by atoms with Gasteiger partial charge in [0.2, 0.25) is 0 Å². The van der Waals surface area contributed by atoms with Gasteiger partial charge < -0.3 is 19.9 Å². The number of nitrogens with one attached hydrogen (secondary N) is 1. The minimum absolute atomic E-state index is 0.0156. The molecule has 1 fully saturated rings. The lowest BCUT2D eigenvalue weighted by Gasteiger charge is -2.15. The molecule has 3 aromatic carbocycles. The molecule has 1 saturated carbocycles. The summed E-state index contributed by atoms with van der Waals surface area (Å²) in [6, 6.07) is 20.7. The van der Waals surface area contributed by atoms with Gasteiger partial charge in [-0.3, -0.25) is 14.5 Å². The zero-order valence-electron chi connectivity index (χ0n) is 23.1. The number of nitrogens with zero attached hydrogens (tertiary/aromatic N) is 3. The van der Waals surface area contributed by atoms with E-state index in [1.165, 1.54) is 29.7 Å². The fraction of sp³-hybridized carbons (Fsp3) is 0.250. The molecule has 1 unspecified atom stereocenters. The quantitative estimate of drug-likeness (QED) is 0.210. The first-order chi connectivity index (χ1) is 19.7. The highest BCUT2D eigenvalue weighted by Gasteiger charge is 2.38. The average molecular weight is 555 g/mol. The Kier molecular flexibility index (Phi) is 6.75. The highest BCUT2D eigenvalue weighted by Crippen LogP contribution is 2.45. The number of aliphatic hydroxyl groups is 1. The molecule has 0 amide bonds. The van der Waals surface area contributed by atoms with Crippen LogP contribution in [0.15, 0.2) is 83.8 Å². The van der Waals surface area contributed by atoms with Crippen molar-refractivity contribution in [2.24, 2.45) is 12.5 Å². The lowest BCUT2D eigenvalue weighted by Crippen LogP contribution is -2.24. The maximum absolute atomic E-state index is 15.2. The number of halogens is 1. The van der Waals surface area contributed by atoms with Gasteiger partial charge >= 0.3 is 0 Å². The summed E-state index contributed by atoms with van der Waals surface area (Å²) in [6.45, 7) is 4.63. The first kappa shape index (κ1) is 26.6. The number of pyridine rings is 1. The maximum atomic E-state index is 15.2. The summed E-state index contributed by atoms with van der Waals surface area (Å²) in [5, 5.41) is 14.5. The number of para-hydroxylation sites is 1. The Hall–Kier alpha value is -4.63. The molecule has 41 heavy (non-hydrogen) atoms. The van der Waals surface area contributed by atoms with Crippen molar-refractivity contribution in [1.82, 2.24) is 14.3 Å². The van der Waals surface area contributed by atoms with E-state index in [2.05, 4.69) is 17.2 Å². The molecule has 1 aliphatic rings. The molecule has 9 heteroatoms. The highest BCUT2D eigenvalue weighted by atomic mass is 19.1. The van der Waals surface area contributed by atoms with Gasteiger partial charge in [0.25, 0.3) is 5.56 Å². The summed E-state index contributed by atoms with van der Waals surface area (Å²) in [7, 11) is 1.75. The molecule has 2 aromatic heterocycles. The molecule has 0 saturated heterocycles. The summed E-state index contributed by atoms with van der Waals surface area (Å²) >= 11 is 0. The van der Waals surface area contributed by atoms with Crippen LogP contribution < -0.4 is 20.3 Å². The van der Waals surface area contributed by atoms with Gasteiger partial charge in [-0.1, -0.05) is 25.1 Å². The molecular weight excluding hydrogens is 523 g/mol. The van der Waals surface area contributed by atoms with Gasteiger partial charge in [-0.05, 0) is 62.2 Å². The fourth-order valence-electron chi connectivity index (χ4n) is 4.82. The number of hydrogen-bond acceptors (Lipinski definition) is 6. The predicted molar refractivity (Wildman–Crippen MR) is 155 cm³/mol. The van der Waals surface area contributed by atoms with Gasteiger partial charge in [-0.25, -0.2) is 9.07 Å². The van der Waals surface area contributed by atoms with Crippen LogP contribution in [0.4, 0.5) is 10.1 Å². The third-order valence-electron chi connectivity index (χ3n) is 7.69. The van der Waals surface area contributed by atoms with Gasteiger partial charge in [-0.2, -0.15) is 0 Å². The van der Waals surface area contributed by atoms with E-state index in [4.69, 9.17) is 9.47 Å². The van der Waals surface area contributed by atoms with Crippen LogP contribution in [0.3, 0.4) is 0 Å². The third kappa shape index (κ3) is 5.28. The van der Waals surface area contributed by atoms with E-state index in [0.29, 0.717) is 34.9 Å². The minimum atomic E-state index is -1.35. The molecule has 0 aliphatic heterocycles. The molecule has 1 atom stereocenters. The Balaban J connectivity index is 1.19. The first-order valence-corrected chi connectivity index (χ1v) is 13.5. The van der Waals surface area contributed by atoms with Gasteiger partial charge in [0.05, 0.1) is 23.4 Å². The molecule has 2 heterocycles. The molecule has 1 aliphatic carbocycles. The van der Waals surface area contributed by atoms with E-state index in [0.717, 1.165) is 11.1 Å². The van der Waals surface area contributed by atoms with Crippen molar-refractivity contribution in [2.75, 3.05) is 11.9 Å². The number of aromatic nitrogens is 3. The smallest absolute Gasteiger partial charge is 0.279 e. The van der Waals surface area contributed by atoms with Gasteiger partial charge in [0.15, 0.2) is 17.8 Å².